The van der Waals surface area contributed by atoms with Crippen molar-refractivity contribution in [3.8, 4) is 0 Å². The van der Waals surface area contributed by atoms with Gasteiger partial charge in [0.1, 0.15) is 6.04 Å². The molecule has 0 bridgehead atoms. The highest BCUT2D eigenvalue weighted by atomic mass is 16.5. The van der Waals surface area contributed by atoms with E-state index >= 15 is 0 Å². The van der Waals surface area contributed by atoms with Crippen LogP contribution in [0.5, 0.6) is 0 Å². The lowest BCUT2D eigenvalue weighted by molar-refractivity contribution is -0.124. The maximum atomic E-state index is 12.5. The van der Waals surface area contributed by atoms with Crippen LogP contribution in [0.15, 0.2) is 23.0 Å². The van der Waals surface area contributed by atoms with Crippen LogP contribution in [0, 0.1) is 5.92 Å². The summed E-state index contributed by atoms with van der Waals surface area (Å²) in [7, 11) is 0. The number of nitrogens with one attached hydrogen (secondary N) is 4. The van der Waals surface area contributed by atoms with Crippen molar-refractivity contribution in [1.29, 1.82) is 0 Å². The molecule has 8 heteroatoms. The molecular weight excluding hydrogens is 324 g/mol. The van der Waals surface area contributed by atoms with Crippen LogP contribution in [0.3, 0.4) is 0 Å². The number of hydrogen-bond donors (Lipinski definition) is 4. The van der Waals surface area contributed by atoms with Crippen LogP contribution in [0.2, 0.25) is 0 Å². The lowest BCUT2D eigenvalue weighted by Crippen LogP contribution is -2.50. The van der Waals surface area contributed by atoms with E-state index in [9.17, 15) is 14.4 Å². The summed E-state index contributed by atoms with van der Waals surface area (Å²) >= 11 is 0. The molecule has 0 aliphatic heterocycles. The Morgan fingerprint density at radius 2 is 1.80 bits per heavy atom. The maximum absolute atomic E-state index is 12.5. The summed E-state index contributed by atoms with van der Waals surface area (Å²) in [5, 5.41) is 5.47. The molecule has 0 radical (unpaired) electrons. The Bertz CT molecular complexity index is 808. The van der Waals surface area contributed by atoms with E-state index in [2.05, 4.69) is 20.6 Å². The topological polar surface area (TPSA) is 116 Å². The smallest absolute Gasteiger partial charge is 0.407 e. The number of rotatable bonds is 6. The number of hydrogen-bond acceptors (Lipinski definition) is 4. The third-order valence-corrected chi connectivity index (χ3v) is 3.90. The van der Waals surface area contributed by atoms with Gasteiger partial charge in [0, 0.05) is 0 Å². The largest absolute Gasteiger partial charge is 0.450 e. The molecule has 1 aromatic heterocycles. The second-order valence-corrected chi connectivity index (χ2v) is 6.20. The fourth-order valence-corrected chi connectivity index (χ4v) is 2.54. The van der Waals surface area contributed by atoms with Gasteiger partial charge in [-0.25, -0.2) is 9.59 Å². The van der Waals surface area contributed by atoms with Gasteiger partial charge in [-0.15, -0.1) is 0 Å². The van der Waals surface area contributed by atoms with Gasteiger partial charge >= 0.3 is 11.8 Å². The number of alkyl carbamates (subject to hydrolysis) is 1. The number of carbonyl (C=O) groups is 2. The number of aromatic amines is 2. The molecule has 0 aliphatic carbocycles. The summed E-state index contributed by atoms with van der Waals surface area (Å²) < 4.78 is 4.85. The average molecular weight is 348 g/mol. The molecule has 8 nitrogen and oxygen atoms in total. The van der Waals surface area contributed by atoms with Crippen molar-refractivity contribution >= 4 is 23.0 Å². The minimum absolute atomic E-state index is 0.0971. The minimum Gasteiger partial charge on any atom is -0.450 e. The predicted octanol–water partition coefficient (Wildman–Crippen LogP) is 1.80. The molecule has 0 aliphatic rings. The number of fused-ring (bicyclic) bond motifs is 1. The molecule has 4 N–H and O–H groups in total. The predicted molar refractivity (Wildman–Crippen MR) is 94.3 cm³/mol. The number of benzene rings is 1. The molecule has 2 rings (SSSR count). The van der Waals surface area contributed by atoms with Crippen molar-refractivity contribution in [2.24, 2.45) is 5.92 Å². The van der Waals surface area contributed by atoms with Gasteiger partial charge in [-0.3, -0.25) is 4.79 Å². The maximum Gasteiger partial charge on any atom is 0.407 e. The second kappa shape index (κ2) is 7.87. The van der Waals surface area contributed by atoms with Gasteiger partial charge in [0.05, 0.1) is 23.7 Å². The van der Waals surface area contributed by atoms with Gasteiger partial charge in [-0.05, 0) is 37.5 Å². The van der Waals surface area contributed by atoms with Crippen LogP contribution < -0.4 is 16.3 Å². The molecular formula is C17H24N4O4. The monoisotopic (exact) mass is 348 g/mol. The van der Waals surface area contributed by atoms with Crippen LogP contribution in [-0.4, -0.2) is 34.6 Å². The Morgan fingerprint density at radius 3 is 2.44 bits per heavy atom. The van der Waals surface area contributed by atoms with Crippen molar-refractivity contribution in [2.45, 2.75) is 39.8 Å². The molecule has 0 spiro atoms. The van der Waals surface area contributed by atoms with Gasteiger partial charge < -0.3 is 25.3 Å². The molecule has 0 unspecified atom stereocenters. The number of carbonyl (C=O) groups excluding carboxylic acids is 2. The van der Waals surface area contributed by atoms with E-state index in [4.69, 9.17) is 4.74 Å². The van der Waals surface area contributed by atoms with Crippen LogP contribution in [0.1, 0.15) is 39.3 Å². The molecule has 136 valence electrons. The SMILES string of the molecule is CCOC(=O)N[C@@H](C(=O)N[C@H](C)c1ccc2[nH]c(=O)[nH]c2c1)C(C)C. The van der Waals surface area contributed by atoms with E-state index in [1.165, 1.54) is 0 Å². The highest BCUT2D eigenvalue weighted by molar-refractivity contribution is 5.86. The zero-order valence-electron chi connectivity index (χ0n) is 14.8. The zero-order valence-corrected chi connectivity index (χ0v) is 14.8. The van der Waals surface area contributed by atoms with Gasteiger partial charge in [-0.2, -0.15) is 0 Å². The van der Waals surface area contributed by atoms with Crippen LogP contribution in [0.25, 0.3) is 11.0 Å². The summed E-state index contributed by atoms with van der Waals surface area (Å²) in [5.74, 6) is -0.390. The Hall–Kier alpha value is -2.77. The van der Waals surface area contributed by atoms with Crippen LogP contribution in [0.4, 0.5) is 4.79 Å². The highest BCUT2D eigenvalue weighted by Gasteiger charge is 2.26. The Balaban J connectivity index is 2.09. The van der Waals surface area contributed by atoms with Crippen molar-refractivity contribution < 1.29 is 14.3 Å². The first-order chi connectivity index (χ1) is 11.8. The van der Waals surface area contributed by atoms with Crippen LogP contribution >= 0.6 is 0 Å². The van der Waals surface area contributed by atoms with Gasteiger partial charge in [0.15, 0.2) is 0 Å². The number of H-pyrrole nitrogens is 2. The Labute approximate surface area is 145 Å². The lowest BCUT2D eigenvalue weighted by atomic mass is 10.0. The highest BCUT2D eigenvalue weighted by Crippen LogP contribution is 2.17. The van der Waals surface area contributed by atoms with Gasteiger partial charge in [0.2, 0.25) is 5.91 Å². The average Bonchev–Trinajstić information content (AvgIpc) is 2.91. The third-order valence-electron chi connectivity index (χ3n) is 3.90. The summed E-state index contributed by atoms with van der Waals surface area (Å²) in [6.45, 7) is 7.47. The number of aromatic nitrogens is 2. The van der Waals surface area contributed by atoms with E-state index in [1.54, 1.807) is 19.1 Å². The minimum atomic E-state index is -0.697. The number of imidazole rings is 1. The fraction of sp³-hybridized carbons (Fsp3) is 0.471. The van der Waals surface area contributed by atoms with E-state index < -0.39 is 12.1 Å². The van der Waals surface area contributed by atoms with Gasteiger partial charge in [0.25, 0.3) is 0 Å². The molecule has 25 heavy (non-hydrogen) atoms. The molecule has 2 atom stereocenters. The molecule has 2 aromatic rings. The van der Waals surface area contributed by atoms with E-state index in [0.29, 0.717) is 11.0 Å². The molecule has 1 heterocycles. The summed E-state index contributed by atoms with van der Waals surface area (Å²) in [4.78, 5) is 40.8. The molecule has 0 saturated carbocycles. The molecule has 1 aromatic carbocycles. The van der Waals surface area contributed by atoms with Crippen molar-refractivity contribution in [2.75, 3.05) is 6.61 Å². The van der Waals surface area contributed by atoms with Crippen molar-refractivity contribution in [3.05, 3.63) is 34.2 Å². The first-order valence-corrected chi connectivity index (χ1v) is 8.27. The Morgan fingerprint density at radius 1 is 1.12 bits per heavy atom. The normalized spacial score (nSPS) is 13.5. The third kappa shape index (κ3) is 4.62. The van der Waals surface area contributed by atoms with Crippen LogP contribution in [-0.2, 0) is 9.53 Å². The summed E-state index contributed by atoms with van der Waals surface area (Å²) in [6, 6.07) is 4.43. The fourth-order valence-electron chi connectivity index (χ4n) is 2.54. The first-order valence-electron chi connectivity index (χ1n) is 8.27. The second-order valence-electron chi connectivity index (χ2n) is 6.20. The van der Waals surface area contributed by atoms with Gasteiger partial charge in [-0.1, -0.05) is 19.9 Å². The van der Waals surface area contributed by atoms with E-state index in [0.717, 1.165) is 5.56 Å². The zero-order chi connectivity index (χ0) is 18.6. The molecule has 0 saturated heterocycles. The lowest BCUT2D eigenvalue weighted by Gasteiger charge is -2.24. The summed E-state index contributed by atoms with van der Waals surface area (Å²) in [6.07, 6.45) is -0.615. The standard InChI is InChI=1S/C17H24N4O4/c1-5-25-17(24)21-14(9(2)3)15(22)18-10(4)11-6-7-12-13(8-11)20-16(23)19-12/h6-10,14H,5H2,1-4H3,(H,18,22)(H,21,24)(H2,19,20,23)/t10-,14-/m1/s1. The van der Waals surface area contributed by atoms with E-state index in [-0.39, 0.29) is 30.2 Å². The molecule has 2 amide bonds. The summed E-state index contributed by atoms with van der Waals surface area (Å²) in [5.41, 5.74) is 1.95. The first kappa shape index (κ1) is 18.6. The van der Waals surface area contributed by atoms with Crippen molar-refractivity contribution in [3.63, 3.8) is 0 Å². The quantitative estimate of drug-likeness (QED) is 0.637. The van der Waals surface area contributed by atoms with Crippen molar-refractivity contribution in [1.82, 2.24) is 20.6 Å². The number of amides is 2. The number of ether oxygens (including phenoxy) is 1. The Kier molecular flexibility index (Phi) is 5.84. The van der Waals surface area contributed by atoms with E-state index in [1.807, 2.05) is 26.8 Å². The molecule has 0 fully saturated rings.